The normalized spacial score (nSPS) is 11.5. The van der Waals surface area contributed by atoms with Crippen molar-refractivity contribution in [3.05, 3.63) is 77.4 Å². The largest absolute Gasteiger partial charge is 0.493 e. The molecule has 0 radical (unpaired) electrons. The smallest absolute Gasteiger partial charge is 0.349 e. The van der Waals surface area contributed by atoms with Crippen molar-refractivity contribution in [3.8, 4) is 23.0 Å². The van der Waals surface area contributed by atoms with Gasteiger partial charge in [0, 0.05) is 31.0 Å². The fraction of sp³-hybridized carbons (Fsp3) is 0.257. The van der Waals surface area contributed by atoms with Crippen molar-refractivity contribution in [3.63, 3.8) is 0 Å². The highest BCUT2D eigenvalue weighted by molar-refractivity contribution is 6.00. The minimum Gasteiger partial charge on any atom is -0.493 e. The van der Waals surface area contributed by atoms with Gasteiger partial charge in [-0.15, -0.1) is 0 Å². The summed E-state index contributed by atoms with van der Waals surface area (Å²) in [4.78, 5) is 100. The summed E-state index contributed by atoms with van der Waals surface area (Å²) >= 11 is 0. The molecule has 4 N–H and O–H groups in total. The van der Waals surface area contributed by atoms with Crippen LogP contribution in [0.25, 0.3) is 0 Å². The Labute approximate surface area is 301 Å². The number of methoxy groups -OCH3 is 2. The van der Waals surface area contributed by atoms with Crippen molar-refractivity contribution in [2.24, 2.45) is 5.92 Å². The van der Waals surface area contributed by atoms with E-state index in [1.54, 1.807) is 13.8 Å². The molecule has 18 heteroatoms. The molecule has 0 heterocycles. The number of hydrogen-bond acceptors (Lipinski definition) is 14. The maximum Gasteiger partial charge on any atom is 0.349 e. The Morgan fingerprint density at radius 2 is 1.04 bits per heavy atom. The molecule has 0 aliphatic rings. The number of amides is 3. The van der Waals surface area contributed by atoms with Crippen molar-refractivity contribution in [1.29, 1.82) is 0 Å². The van der Waals surface area contributed by atoms with Crippen LogP contribution in [-0.2, 0) is 33.4 Å². The predicted molar refractivity (Wildman–Crippen MR) is 180 cm³/mol. The molecule has 0 saturated heterocycles. The molecule has 0 unspecified atom stereocenters. The van der Waals surface area contributed by atoms with Gasteiger partial charge in [-0.1, -0.05) is 13.8 Å². The van der Waals surface area contributed by atoms with Gasteiger partial charge >= 0.3 is 29.8 Å². The van der Waals surface area contributed by atoms with E-state index in [0.717, 1.165) is 38.1 Å². The van der Waals surface area contributed by atoms with Crippen LogP contribution in [0.4, 0.5) is 5.69 Å². The third-order valence-corrected chi connectivity index (χ3v) is 6.79. The minimum atomic E-state index is -2.52. The van der Waals surface area contributed by atoms with E-state index in [2.05, 4.69) is 10.7 Å². The molecule has 0 aromatic heterocycles. The van der Waals surface area contributed by atoms with E-state index in [9.17, 15) is 43.5 Å². The highest BCUT2D eigenvalue weighted by Gasteiger charge is 2.41. The number of rotatable bonds is 14. The summed E-state index contributed by atoms with van der Waals surface area (Å²) in [5.74, 6) is -9.26. The van der Waals surface area contributed by atoms with Crippen molar-refractivity contribution in [2.45, 2.75) is 39.9 Å². The Kier molecular flexibility index (Phi) is 14.0. The molecule has 0 aliphatic carbocycles. The van der Waals surface area contributed by atoms with Gasteiger partial charge in [0.25, 0.3) is 11.8 Å². The van der Waals surface area contributed by atoms with E-state index in [1.807, 2.05) is 5.43 Å². The van der Waals surface area contributed by atoms with Crippen LogP contribution in [0.1, 0.15) is 58.8 Å². The van der Waals surface area contributed by atoms with E-state index in [1.165, 1.54) is 50.6 Å². The van der Waals surface area contributed by atoms with E-state index in [0.29, 0.717) is 5.69 Å². The average Bonchev–Trinajstić information content (AvgIpc) is 3.11. The number of anilines is 1. The number of carbonyl (C=O) groups excluding carboxylic acids is 7. The molecule has 0 spiro atoms. The lowest BCUT2D eigenvalue weighted by atomic mass is 10.1. The maximum absolute atomic E-state index is 13.4. The van der Waals surface area contributed by atoms with Crippen molar-refractivity contribution in [2.75, 3.05) is 19.5 Å². The standard InChI is InChI=1S/C35H35N3O15/c1-17(2)30(41)36-23-11-7-20(8-12-23)31(42)37-38-32(43)28(52-34(46)21-9-13-24(50-18(3)39)26(15-21)48-5)29(33(44)45)53-35(47)22-10-14-25(51-19(4)40)27(16-22)49-6/h7-17,28-29H,1-6H3,(H,36,41)(H,37,42)(H,38,43)(H,44,45)/t28-,29-/m1/s1. The number of benzene rings is 3. The van der Waals surface area contributed by atoms with Crippen LogP contribution in [0.5, 0.6) is 23.0 Å². The summed E-state index contributed by atoms with van der Waals surface area (Å²) in [7, 11) is 2.41. The zero-order chi connectivity index (χ0) is 39.4. The Morgan fingerprint density at radius 3 is 1.45 bits per heavy atom. The number of aliphatic carboxylic acids is 1. The van der Waals surface area contributed by atoms with Gasteiger partial charge in [-0.05, 0) is 60.7 Å². The molecule has 0 bridgehead atoms. The first-order valence-corrected chi connectivity index (χ1v) is 15.4. The van der Waals surface area contributed by atoms with Crippen LogP contribution in [0.3, 0.4) is 0 Å². The Balaban J connectivity index is 1.91. The zero-order valence-electron chi connectivity index (χ0n) is 29.2. The lowest BCUT2D eigenvalue weighted by Gasteiger charge is -2.24. The number of ether oxygens (including phenoxy) is 6. The Bertz CT molecular complexity index is 1910. The third-order valence-electron chi connectivity index (χ3n) is 6.79. The molecule has 18 nitrogen and oxygen atoms in total. The van der Waals surface area contributed by atoms with Crippen LogP contribution < -0.4 is 35.1 Å². The van der Waals surface area contributed by atoms with Crippen molar-refractivity contribution < 1.29 is 71.9 Å². The van der Waals surface area contributed by atoms with Crippen molar-refractivity contribution in [1.82, 2.24) is 10.9 Å². The van der Waals surface area contributed by atoms with Gasteiger partial charge in [-0.3, -0.25) is 34.8 Å². The summed E-state index contributed by atoms with van der Waals surface area (Å²) in [6, 6.07) is 12.2. The van der Waals surface area contributed by atoms with Crippen LogP contribution in [0.15, 0.2) is 60.7 Å². The second-order valence-electron chi connectivity index (χ2n) is 11.1. The van der Waals surface area contributed by atoms with Crippen LogP contribution in [0.2, 0.25) is 0 Å². The van der Waals surface area contributed by atoms with Crippen LogP contribution in [0, 0.1) is 5.92 Å². The maximum atomic E-state index is 13.4. The molecule has 3 aromatic carbocycles. The van der Waals surface area contributed by atoms with E-state index < -0.39 is 53.9 Å². The van der Waals surface area contributed by atoms with Crippen LogP contribution >= 0.6 is 0 Å². The number of nitrogens with one attached hydrogen (secondary N) is 3. The number of hydrazine groups is 1. The predicted octanol–water partition coefficient (Wildman–Crippen LogP) is 2.45. The molecule has 280 valence electrons. The van der Waals surface area contributed by atoms with Gasteiger partial charge in [0.1, 0.15) is 0 Å². The molecule has 0 aliphatic heterocycles. The van der Waals surface area contributed by atoms with E-state index >= 15 is 0 Å². The quantitative estimate of drug-likeness (QED) is 0.105. The monoisotopic (exact) mass is 737 g/mol. The topological polar surface area (TPSA) is 248 Å². The van der Waals surface area contributed by atoms with Gasteiger partial charge in [0.15, 0.2) is 23.0 Å². The summed E-state index contributed by atoms with van der Waals surface area (Å²) in [5, 5.41) is 12.7. The fourth-order valence-corrected chi connectivity index (χ4v) is 4.18. The van der Waals surface area contributed by atoms with Gasteiger partial charge in [-0.25, -0.2) is 14.4 Å². The number of esters is 4. The first-order chi connectivity index (χ1) is 25.0. The summed E-state index contributed by atoms with van der Waals surface area (Å²) in [6.07, 6.45) is -4.97. The summed E-state index contributed by atoms with van der Waals surface area (Å²) in [5.41, 5.74) is 3.76. The highest BCUT2D eigenvalue weighted by Crippen LogP contribution is 2.30. The minimum absolute atomic E-state index is 0.00582. The second-order valence-corrected chi connectivity index (χ2v) is 11.1. The molecule has 53 heavy (non-hydrogen) atoms. The molecule has 3 aromatic rings. The van der Waals surface area contributed by atoms with Gasteiger partial charge < -0.3 is 38.8 Å². The van der Waals surface area contributed by atoms with Crippen LogP contribution in [-0.4, -0.2) is 79.1 Å². The van der Waals surface area contributed by atoms with Gasteiger partial charge in [0.05, 0.1) is 25.3 Å². The SMILES string of the molecule is COc1cc(C(=O)O[C@@H](C(=O)O)[C@@H](OC(=O)c2ccc(OC(C)=O)c(OC)c2)C(=O)NNC(=O)c2ccc(NC(=O)C(C)C)cc2)ccc1OC(C)=O. The van der Waals surface area contributed by atoms with Gasteiger partial charge in [0.2, 0.25) is 18.1 Å². The van der Waals surface area contributed by atoms with E-state index in [4.69, 9.17) is 28.4 Å². The average molecular weight is 738 g/mol. The van der Waals surface area contributed by atoms with Crippen molar-refractivity contribution >= 4 is 53.3 Å². The zero-order valence-corrected chi connectivity index (χ0v) is 29.2. The highest BCUT2D eigenvalue weighted by atomic mass is 16.6. The second kappa shape index (κ2) is 18.3. The molecule has 3 rings (SSSR count). The number of carboxylic acid groups (broad SMARTS) is 1. The molecular weight excluding hydrogens is 702 g/mol. The lowest BCUT2D eigenvalue weighted by molar-refractivity contribution is -0.159. The number of carboxylic acids is 1. The number of hydrogen-bond donors (Lipinski definition) is 4. The molecule has 2 atom stereocenters. The molecule has 0 saturated carbocycles. The first kappa shape index (κ1) is 40.4. The Morgan fingerprint density at radius 1 is 0.585 bits per heavy atom. The summed E-state index contributed by atoms with van der Waals surface area (Å²) in [6.45, 7) is 5.65. The third kappa shape index (κ3) is 11.3. The lowest BCUT2D eigenvalue weighted by Crippen LogP contribution is -2.54. The summed E-state index contributed by atoms with van der Waals surface area (Å²) < 4.78 is 30.6. The van der Waals surface area contributed by atoms with Gasteiger partial charge in [-0.2, -0.15) is 0 Å². The first-order valence-electron chi connectivity index (χ1n) is 15.4. The molecule has 3 amide bonds. The molecule has 0 fully saturated rings. The fourth-order valence-electron chi connectivity index (χ4n) is 4.18. The number of carbonyl (C=O) groups is 8. The Hall–Kier alpha value is -6.98. The van der Waals surface area contributed by atoms with E-state index in [-0.39, 0.29) is 51.5 Å². The molecular formula is C35H35N3O15.